The summed E-state index contributed by atoms with van der Waals surface area (Å²) in [4.78, 5) is 43.2. The molecule has 1 spiro atoms. The first kappa shape index (κ1) is 24.0. The summed E-state index contributed by atoms with van der Waals surface area (Å²) in [6.45, 7) is 5.24. The molecule has 1 unspecified atom stereocenters. The second-order valence-corrected chi connectivity index (χ2v) is 11.3. The van der Waals surface area contributed by atoms with E-state index in [0.717, 1.165) is 62.4 Å². The molecule has 3 fully saturated rings. The minimum atomic E-state index is -0.586. The number of hydrogen-bond donors (Lipinski definition) is 1. The molecule has 6 rings (SSSR count). The number of carbonyl (C=O) groups is 3. The Hall–Kier alpha value is -3.41. The summed E-state index contributed by atoms with van der Waals surface area (Å²) in [5, 5.41) is 12.2. The second kappa shape index (κ2) is 9.16. The van der Waals surface area contributed by atoms with Gasteiger partial charge in [-0.25, -0.2) is 0 Å². The van der Waals surface area contributed by atoms with Crippen LogP contribution in [0, 0.1) is 16.7 Å². The first-order valence-corrected chi connectivity index (χ1v) is 13.1. The molecule has 0 bridgehead atoms. The molecule has 9 heteroatoms. The highest BCUT2D eigenvalue weighted by molar-refractivity contribution is 6.30. The van der Waals surface area contributed by atoms with E-state index in [1.807, 2.05) is 24.3 Å². The molecule has 190 valence electrons. The molecule has 4 aliphatic rings. The van der Waals surface area contributed by atoms with Gasteiger partial charge in [-0.1, -0.05) is 11.6 Å². The summed E-state index contributed by atoms with van der Waals surface area (Å²) >= 11 is 6.17. The summed E-state index contributed by atoms with van der Waals surface area (Å²) < 4.78 is 0. The number of halogens is 1. The predicted octanol–water partition coefficient (Wildman–Crippen LogP) is 3.08. The minimum absolute atomic E-state index is 0.134. The molecule has 0 saturated carbocycles. The Morgan fingerprint density at radius 1 is 1.08 bits per heavy atom. The van der Waals surface area contributed by atoms with E-state index in [9.17, 15) is 19.6 Å². The molecule has 4 heterocycles. The van der Waals surface area contributed by atoms with E-state index in [1.165, 1.54) is 0 Å². The highest BCUT2D eigenvalue weighted by Gasteiger charge is 2.45. The quantitative estimate of drug-likeness (QED) is 0.626. The number of rotatable bonds is 4. The zero-order chi connectivity index (χ0) is 25.7. The van der Waals surface area contributed by atoms with Crippen molar-refractivity contribution in [1.29, 1.82) is 5.26 Å². The Morgan fingerprint density at radius 2 is 1.86 bits per heavy atom. The number of imide groups is 1. The van der Waals surface area contributed by atoms with E-state index in [2.05, 4.69) is 27.3 Å². The van der Waals surface area contributed by atoms with E-state index >= 15 is 0 Å². The fraction of sp³-hybridized carbons (Fsp3) is 0.429. The smallest absolute Gasteiger partial charge is 0.255 e. The van der Waals surface area contributed by atoms with Crippen LogP contribution in [0.5, 0.6) is 0 Å². The van der Waals surface area contributed by atoms with E-state index in [4.69, 9.17) is 11.6 Å². The third kappa shape index (κ3) is 4.47. The zero-order valence-electron chi connectivity index (χ0n) is 20.5. The molecular formula is C28H28ClN5O3. The van der Waals surface area contributed by atoms with Crippen LogP contribution in [0.15, 0.2) is 36.4 Å². The lowest BCUT2D eigenvalue weighted by Gasteiger charge is -2.55. The number of nitrogens with one attached hydrogen (secondary N) is 1. The van der Waals surface area contributed by atoms with Gasteiger partial charge < -0.3 is 9.80 Å². The van der Waals surface area contributed by atoms with Crippen molar-refractivity contribution in [2.45, 2.75) is 44.8 Å². The average molecular weight is 518 g/mol. The van der Waals surface area contributed by atoms with Crippen molar-refractivity contribution in [2.24, 2.45) is 5.41 Å². The van der Waals surface area contributed by atoms with Crippen molar-refractivity contribution in [3.05, 3.63) is 63.7 Å². The van der Waals surface area contributed by atoms with Crippen molar-refractivity contribution in [1.82, 2.24) is 15.1 Å². The van der Waals surface area contributed by atoms with Crippen molar-refractivity contribution in [3.63, 3.8) is 0 Å². The standard InChI is InChI=1S/C28H28ClN5O3/c29-21-10-18(13-30)9-19(11-21)14-32-7-5-28(6-8-32)16-33(17-28)22-1-2-23-20(12-22)15-34(27(23)37)24-3-4-25(35)31-26(24)36/h1-2,9-12,24H,3-8,14-17H2,(H,31,35,36). The number of benzene rings is 2. The summed E-state index contributed by atoms with van der Waals surface area (Å²) in [7, 11) is 0. The number of piperidine rings is 2. The van der Waals surface area contributed by atoms with Crippen LogP contribution in [0.1, 0.15) is 52.7 Å². The third-order valence-corrected chi connectivity index (χ3v) is 8.55. The molecule has 37 heavy (non-hydrogen) atoms. The lowest BCUT2D eigenvalue weighted by molar-refractivity contribution is -0.136. The van der Waals surface area contributed by atoms with E-state index in [1.54, 1.807) is 11.0 Å². The first-order valence-electron chi connectivity index (χ1n) is 12.8. The van der Waals surface area contributed by atoms with Crippen molar-refractivity contribution in [3.8, 4) is 6.07 Å². The Balaban J connectivity index is 1.05. The fourth-order valence-electron chi connectivity index (χ4n) is 6.27. The van der Waals surface area contributed by atoms with Crippen molar-refractivity contribution >= 4 is 35.0 Å². The first-order chi connectivity index (χ1) is 17.8. The molecule has 3 saturated heterocycles. The monoisotopic (exact) mass is 517 g/mol. The van der Waals surface area contributed by atoms with Gasteiger partial charge >= 0.3 is 0 Å². The molecule has 0 aromatic heterocycles. The van der Waals surface area contributed by atoms with Crippen LogP contribution >= 0.6 is 11.6 Å². The van der Waals surface area contributed by atoms with Crippen LogP contribution in [-0.2, 0) is 22.7 Å². The van der Waals surface area contributed by atoms with Gasteiger partial charge in [0.2, 0.25) is 11.8 Å². The van der Waals surface area contributed by atoms with Gasteiger partial charge in [0.25, 0.3) is 5.91 Å². The normalized spacial score (nSPS) is 23.0. The average Bonchev–Trinajstić information content (AvgIpc) is 3.18. The van der Waals surface area contributed by atoms with Crippen LogP contribution in [0.25, 0.3) is 0 Å². The maximum Gasteiger partial charge on any atom is 0.255 e. The van der Waals surface area contributed by atoms with Gasteiger partial charge in [-0.15, -0.1) is 0 Å². The van der Waals surface area contributed by atoms with Crippen LogP contribution in [0.3, 0.4) is 0 Å². The summed E-state index contributed by atoms with van der Waals surface area (Å²) in [6, 6.07) is 13.1. The fourth-order valence-corrected chi connectivity index (χ4v) is 6.53. The van der Waals surface area contributed by atoms with Crippen LogP contribution in [-0.4, -0.2) is 59.7 Å². The lowest BCUT2D eigenvalue weighted by Crippen LogP contribution is -2.60. The Bertz CT molecular complexity index is 1340. The number of fused-ring (bicyclic) bond motifs is 1. The molecule has 1 N–H and O–H groups in total. The molecule has 1 atom stereocenters. The van der Waals surface area contributed by atoms with Gasteiger partial charge in [-0.2, -0.15) is 5.26 Å². The largest absolute Gasteiger partial charge is 0.370 e. The van der Waals surface area contributed by atoms with Crippen LogP contribution in [0.2, 0.25) is 5.02 Å². The maximum absolute atomic E-state index is 13.0. The highest BCUT2D eigenvalue weighted by atomic mass is 35.5. The molecule has 2 aromatic rings. The number of carbonyl (C=O) groups excluding carboxylic acids is 3. The van der Waals surface area contributed by atoms with Gasteiger partial charge in [0.05, 0.1) is 11.6 Å². The zero-order valence-corrected chi connectivity index (χ0v) is 21.3. The van der Waals surface area contributed by atoms with Crippen LogP contribution < -0.4 is 10.2 Å². The Labute approximate surface area is 220 Å². The van der Waals surface area contributed by atoms with Gasteiger partial charge in [-0.3, -0.25) is 24.6 Å². The maximum atomic E-state index is 13.0. The molecule has 4 aliphatic heterocycles. The molecule has 0 radical (unpaired) electrons. The molecule has 3 amide bonds. The Morgan fingerprint density at radius 3 is 2.59 bits per heavy atom. The number of likely N-dealkylation sites (tertiary alicyclic amines) is 1. The number of hydrogen-bond acceptors (Lipinski definition) is 6. The topological polar surface area (TPSA) is 96.8 Å². The highest BCUT2D eigenvalue weighted by Crippen LogP contribution is 2.43. The van der Waals surface area contributed by atoms with Gasteiger partial charge in [0.15, 0.2) is 0 Å². The minimum Gasteiger partial charge on any atom is -0.370 e. The molecular weight excluding hydrogens is 490 g/mol. The molecule has 2 aromatic carbocycles. The number of nitrogens with zero attached hydrogens (tertiary/aromatic N) is 4. The summed E-state index contributed by atoms with van der Waals surface area (Å²) in [5.41, 5.74) is 4.71. The Kier molecular flexibility index (Phi) is 5.93. The van der Waals surface area contributed by atoms with Gasteiger partial charge in [0.1, 0.15) is 6.04 Å². The summed E-state index contributed by atoms with van der Waals surface area (Å²) in [6.07, 6.45) is 2.89. The summed E-state index contributed by atoms with van der Waals surface area (Å²) in [5.74, 6) is -0.789. The van der Waals surface area contributed by atoms with Gasteiger partial charge in [0, 0.05) is 54.3 Å². The van der Waals surface area contributed by atoms with E-state index in [0.29, 0.717) is 34.5 Å². The number of amides is 3. The van der Waals surface area contributed by atoms with Crippen molar-refractivity contribution < 1.29 is 14.4 Å². The molecule has 0 aliphatic carbocycles. The predicted molar refractivity (Wildman–Crippen MR) is 138 cm³/mol. The SMILES string of the molecule is N#Cc1cc(Cl)cc(CN2CCC3(CC2)CN(c2ccc4c(c2)CN(C2CCC(=O)NC2=O)C4=O)C3)c1. The second-order valence-electron chi connectivity index (χ2n) is 10.8. The number of nitriles is 1. The molecule has 8 nitrogen and oxygen atoms in total. The van der Waals surface area contributed by atoms with E-state index in [-0.39, 0.29) is 24.1 Å². The lowest BCUT2D eigenvalue weighted by atomic mass is 9.71. The third-order valence-electron chi connectivity index (χ3n) is 8.33. The van der Waals surface area contributed by atoms with E-state index < -0.39 is 6.04 Å². The number of anilines is 1. The van der Waals surface area contributed by atoms with Crippen LogP contribution in [0.4, 0.5) is 5.69 Å². The van der Waals surface area contributed by atoms with Gasteiger partial charge in [-0.05, 0) is 79.9 Å². The van der Waals surface area contributed by atoms with Crippen molar-refractivity contribution in [2.75, 3.05) is 31.1 Å².